The van der Waals surface area contributed by atoms with Crippen molar-refractivity contribution in [2.24, 2.45) is 7.05 Å². The van der Waals surface area contributed by atoms with Crippen LogP contribution in [-0.4, -0.2) is 31.8 Å². The first-order valence-electron chi connectivity index (χ1n) is 11.3. The van der Waals surface area contributed by atoms with E-state index in [2.05, 4.69) is 5.32 Å². The predicted octanol–water partition coefficient (Wildman–Crippen LogP) is 4.00. The number of aryl methyl sites for hydroxylation is 1. The van der Waals surface area contributed by atoms with Gasteiger partial charge < -0.3 is 15.6 Å². The number of nitrogens with two attached hydrogens (primary N) is 1. The molecule has 0 aliphatic heterocycles. The van der Waals surface area contributed by atoms with Gasteiger partial charge in [0.05, 0.1) is 17.0 Å². The number of aromatic nitrogens is 3. The summed E-state index contributed by atoms with van der Waals surface area (Å²) in [6.45, 7) is 0. The van der Waals surface area contributed by atoms with Crippen LogP contribution in [-0.2, 0) is 11.8 Å². The van der Waals surface area contributed by atoms with Crippen LogP contribution in [0.1, 0.15) is 32.1 Å². The highest BCUT2D eigenvalue weighted by Crippen LogP contribution is 2.29. The third kappa shape index (κ3) is 4.11. The largest absolute Gasteiger partial charge is 0.399 e. The Balaban J connectivity index is 1.58. The molecule has 4 aromatic rings. The van der Waals surface area contributed by atoms with Crippen LogP contribution < -0.4 is 16.6 Å². The standard InChI is InChI=1S/C25H27N5O2S/c1-29-20-13-12-16(26)14-19(20)22-23(29)24(32)30(18-10-6-3-7-11-18)25(28-22)33-15-21(31)27-17-8-4-2-5-9-17/h3,6-7,10-14,17H,2,4-5,8-9,15,26H2,1H3,(H,27,31). The molecule has 5 rings (SSSR count). The minimum Gasteiger partial charge on any atom is -0.399 e. The number of hydrogen-bond donors (Lipinski definition) is 2. The van der Waals surface area contributed by atoms with Crippen molar-refractivity contribution in [3.63, 3.8) is 0 Å². The second-order valence-electron chi connectivity index (χ2n) is 8.59. The third-order valence-corrected chi connectivity index (χ3v) is 7.26. The summed E-state index contributed by atoms with van der Waals surface area (Å²) in [6.07, 6.45) is 5.63. The molecule has 1 aliphatic rings. The van der Waals surface area contributed by atoms with Gasteiger partial charge in [0.2, 0.25) is 5.91 Å². The molecule has 0 saturated heterocycles. The van der Waals surface area contributed by atoms with Crippen molar-refractivity contribution in [1.82, 2.24) is 19.4 Å². The van der Waals surface area contributed by atoms with Gasteiger partial charge >= 0.3 is 0 Å². The first kappa shape index (κ1) is 21.6. The Bertz CT molecular complexity index is 1390. The number of nitrogen functional groups attached to an aromatic ring is 1. The maximum Gasteiger partial charge on any atom is 0.283 e. The summed E-state index contributed by atoms with van der Waals surface area (Å²) >= 11 is 1.29. The van der Waals surface area contributed by atoms with Crippen LogP contribution in [0.5, 0.6) is 0 Å². The van der Waals surface area contributed by atoms with Crippen molar-refractivity contribution in [3.8, 4) is 5.69 Å². The zero-order valence-corrected chi connectivity index (χ0v) is 19.4. The topological polar surface area (TPSA) is 94.9 Å². The molecule has 2 aromatic carbocycles. The molecule has 2 heterocycles. The van der Waals surface area contributed by atoms with Gasteiger partial charge in [-0.15, -0.1) is 0 Å². The van der Waals surface area contributed by atoms with Gasteiger partial charge in [-0.05, 0) is 43.2 Å². The van der Waals surface area contributed by atoms with E-state index in [1.165, 1.54) is 18.2 Å². The number of amides is 1. The number of anilines is 1. The number of fused-ring (bicyclic) bond motifs is 3. The van der Waals surface area contributed by atoms with Gasteiger partial charge in [-0.25, -0.2) is 4.98 Å². The zero-order valence-electron chi connectivity index (χ0n) is 18.6. The lowest BCUT2D eigenvalue weighted by Crippen LogP contribution is -2.37. The lowest BCUT2D eigenvalue weighted by Gasteiger charge is -2.22. The Labute approximate surface area is 196 Å². The highest BCUT2D eigenvalue weighted by molar-refractivity contribution is 7.99. The van der Waals surface area contributed by atoms with E-state index in [1.54, 1.807) is 4.57 Å². The van der Waals surface area contributed by atoms with E-state index < -0.39 is 0 Å². The molecule has 1 saturated carbocycles. The first-order chi connectivity index (χ1) is 16.0. The molecule has 0 spiro atoms. The van der Waals surface area contributed by atoms with E-state index in [-0.39, 0.29) is 23.3 Å². The smallest absolute Gasteiger partial charge is 0.283 e. The van der Waals surface area contributed by atoms with Crippen molar-refractivity contribution < 1.29 is 4.79 Å². The van der Waals surface area contributed by atoms with Crippen molar-refractivity contribution in [2.75, 3.05) is 11.5 Å². The van der Waals surface area contributed by atoms with E-state index in [1.807, 2.05) is 60.1 Å². The molecule has 1 fully saturated rings. The lowest BCUT2D eigenvalue weighted by atomic mass is 9.95. The summed E-state index contributed by atoms with van der Waals surface area (Å²) in [5.74, 6) is 0.178. The third-order valence-electron chi connectivity index (χ3n) is 6.32. The predicted molar refractivity (Wildman–Crippen MR) is 134 cm³/mol. The van der Waals surface area contributed by atoms with Gasteiger partial charge in [0, 0.05) is 24.2 Å². The summed E-state index contributed by atoms with van der Waals surface area (Å²) in [5.41, 5.74) is 9.20. The monoisotopic (exact) mass is 461 g/mol. The van der Waals surface area contributed by atoms with E-state index in [0.29, 0.717) is 21.9 Å². The highest BCUT2D eigenvalue weighted by atomic mass is 32.2. The molecule has 8 heteroatoms. The van der Waals surface area contributed by atoms with Crippen LogP contribution in [0.15, 0.2) is 58.5 Å². The molecular weight excluding hydrogens is 434 g/mol. The second kappa shape index (κ2) is 8.94. The van der Waals surface area contributed by atoms with Gasteiger partial charge in [0.1, 0.15) is 11.0 Å². The number of carbonyl (C=O) groups excluding carboxylic acids is 1. The number of para-hydroxylation sites is 1. The number of benzene rings is 2. The van der Waals surface area contributed by atoms with E-state index in [9.17, 15) is 9.59 Å². The van der Waals surface area contributed by atoms with Crippen molar-refractivity contribution in [3.05, 3.63) is 58.9 Å². The number of rotatable bonds is 5. The molecule has 7 nitrogen and oxygen atoms in total. The Morgan fingerprint density at radius 1 is 1.15 bits per heavy atom. The molecule has 1 amide bonds. The van der Waals surface area contributed by atoms with Gasteiger partial charge in [-0.1, -0.05) is 49.2 Å². The fraction of sp³-hybridized carbons (Fsp3) is 0.320. The molecule has 1 aliphatic carbocycles. The van der Waals surface area contributed by atoms with Crippen LogP contribution in [0, 0.1) is 0 Å². The maximum absolute atomic E-state index is 13.7. The number of nitrogens with zero attached hydrogens (tertiary/aromatic N) is 3. The van der Waals surface area contributed by atoms with E-state index in [0.717, 1.165) is 42.3 Å². The summed E-state index contributed by atoms with van der Waals surface area (Å²) in [4.78, 5) is 31.3. The molecule has 3 N–H and O–H groups in total. The number of thioether (sulfide) groups is 1. The molecule has 2 aromatic heterocycles. The fourth-order valence-electron chi connectivity index (χ4n) is 4.69. The zero-order chi connectivity index (χ0) is 22.9. The lowest BCUT2D eigenvalue weighted by molar-refractivity contribution is -0.119. The quantitative estimate of drug-likeness (QED) is 0.266. The number of nitrogens with one attached hydrogen (secondary N) is 1. The average Bonchev–Trinajstić information content (AvgIpc) is 3.10. The van der Waals surface area contributed by atoms with Gasteiger partial charge in [-0.3, -0.25) is 14.2 Å². The van der Waals surface area contributed by atoms with Crippen molar-refractivity contribution in [2.45, 2.75) is 43.3 Å². The first-order valence-corrected chi connectivity index (χ1v) is 12.3. The van der Waals surface area contributed by atoms with E-state index in [4.69, 9.17) is 10.7 Å². The average molecular weight is 462 g/mol. The summed E-state index contributed by atoms with van der Waals surface area (Å²) < 4.78 is 3.46. The van der Waals surface area contributed by atoms with Crippen LogP contribution >= 0.6 is 11.8 Å². The fourth-order valence-corrected chi connectivity index (χ4v) is 5.50. The Morgan fingerprint density at radius 3 is 2.67 bits per heavy atom. The van der Waals surface area contributed by atoms with Crippen LogP contribution in [0.25, 0.3) is 27.6 Å². The Hall–Kier alpha value is -3.26. The Morgan fingerprint density at radius 2 is 1.91 bits per heavy atom. The summed E-state index contributed by atoms with van der Waals surface area (Å²) in [6, 6.07) is 15.3. The van der Waals surface area contributed by atoms with Gasteiger partial charge in [0.25, 0.3) is 5.56 Å². The molecule has 170 valence electrons. The van der Waals surface area contributed by atoms with Crippen molar-refractivity contribution in [1.29, 1.82) is 0 Å². The molecule has 0 bridgehead atoms. The minimum absolute atomic E-state index is 0.0250. The second-order valence-corrected chi connectivity index (χ2v) is 9.54. The molecular formula is C25H27N5O2S. The highest BCUT2D eigenvalue weighted by Gasteiger charge is 2.21. The molecule has 0 unspecified atom stereocenters. The molecule has 33 heavy (non-hydrogen) atoms. The number of hydrogen-bond acceptors (Lipinski definition) is 5. The molecule has 0 atom stereocenters. The SMILES string of the molecule is Cn1c2ccc(N)cc2c2nc(SCC(=O)NC3CCCCC3)n(-c3ccccc3)c(=O)c21. The van der Waals surface area contributed by atoms with Crippen LogP contribution in [0.4, 0.5) is 5.69 Å². The minimum atomic E-state index is -0.168. The maximum atomic E-state index is 13.7. The normalized spacial score (nSPS) is 14.7. The van der Waals surface area contributed by atoms with Crippen LogP contribution in [0.3, 0.4) is 0 Å². The Kier molecular flexibility index (Phi) is 5.85. The van der Waals surface area contributed by atoms with E-state index >= 15 is 0 Å². The van der Waals surface area contributed by atoms with Gasteiger partial charge in [-0.2, -0.15) is 0 Å². The van der Waals surface area contributed by atoms with Crippen molar-refractivity contribution >= 4 is 45.3 Å². The summed E-state index contributed by atoms with van der Waals surface area (Å²) in [5, 5.41) is 4.47. The summed E-state index contributed by atoms with van der Waals surface area (Å²) in [7, 11) is 1.86. The molecule has 0 radical (unpaired) electrons. The van der Waals surface area contributed by atoms with Crippen LogP contribution in [0.2, 0.25) is 0 Å². The number of carbonyl (C=O) groups is 1. The van der Waals surface area contributed by atoms with Gasteiger partial charge in [0.15, 0.2) is 5.16 Å².